The number of halogens is 3. The fraction of sp³-hybridized carbons (Fsp3) is 0.0588. The Morgan fingerprint density at radius 3 is 2.38 bits per heavy atom. The van der Waals surface area contributed by atoms with E-state index in [4.69, 9.17) is 12.2 Å². The number of hydrogen-bond donors (Lipinski definition) is 3. The molecule has 134 valence electrons. The molecular formula is C17H13F3N4OS. The number of aromatic nitrogens is 2. The third-order valence-electron chi connectivity index (χ3n) is 3.57. The Hall–Kier alpha value is -3.07. The molecule has 5 nitrogen and oxygen atoms in total. The van der Waals surface area contributed by atoms with E-state index in [1.165, 1.54) is 29.0 Å². The van der Waals surface area contributed by atoms with Crippen LogP contribution in [-0.2, 0) is 6.18 Å². The van der Waals surface area contributed by atoms with Crippen LogP contribution in [-0.4, -0.2) is 15.5 Å². The molecule has 0 radical (unpaired) electrons. The molecular weight excluding hydrogens is 365 g/mol. The number of rotatable bonds is 4. The van der Waals surface area contributed by atoms with E-state index in [1.807, 2.05) is 6.07 Å². The summed E-state index contributed by atoms with van der Waals surface area (Å²) >= 11 is 5.18. The first-order valence-corrected chi connectivity index (χ1v) is 7.87. The quantitative estimate of drug-likeness (QED) is 0.468. The van der Waals surface area contributed by atoms with E-state index in [0.717, 1.165) is 6.07 Å². The highest BCUT2D eigenvalue weighted by Crippen LogP contribution is 2.34. The fourth-order valence-corrected chi connectivity index (χ4v) is 2.66. The van der Waals surface area contributed by atoms with Crippen LogP contribution in [0.15, 0.2) is 60.8 Å². The normalized spacial score (nSPS) is 11.2. The number of hydrazine groups is 1. The predicted octanol–water partition coefficient (Wildman–Crippen LogP) is 4.31. The highest BCUT2D eigenvalue weighted by Gasteiger charge is 2.33. The van der Waals surface area contributed by atoms with Crippen molar-refractivity contribution in [1.29, 1.82) is 0 Å². The van der Waals surface area contributed by atoms with E-state index in [9.17, 15) is 18.0 Å². The van der Waals surface area contributed by atoms with Gasteiger partial charge >= 0.3 is 6.18 Å². The van der Waals surface area contributed by atoms with E-state index in [-0.39, 0.29) is 16.2 Å². The van der Waals surface area contributed by atoms with Gasteiger partial charge in [0.2, 0.25) is 0 Å². The monoisotopic (exact) mass is 378 g/mol. The molecule has 0 spiro atoms. The van der Waals surface area contributed by atoms with Crippen molar-refractivity contribution in [1.82, 2.24) is 15.0 Å². The van der Waals surface area contributed by atoms with E-state index in [2.05, 4.69) is 15.8 Å². The first kappa shape index (κ1) is 17.7. The van der Waals surface area contributed by atoms with Crippen molar-refractivity contribution in [2.75, 3.05) is 5.43 Å². The van der Waals surface area contributed by atoms with Crippen LogP contribution < -0.4 is 10.9 Å². The minimum atomic E-state index is -4.54. The summed E-state index contributed by atoms with van der Waals surface area (Å²) in [6.07, 6.45) is -3.15. The van der Waals surface area contributed by atoms with Crippen molar-refractivity contribution in [2.24, 2.45) is 0 Å². The molecule has 0 unspecified atom stereocenters. The number of imidazole rings is 1. The van der Waals surface area contributed by atoms with Crippen molar-refractivity contribution in [2.45, 2.75) is 6.18 Å². The van der Waals surface area contributed by atoms with E-state index < -0.39 is 17.6 Å². The van der Waals surface area contributed by atoms with Gasteiger partial charge in [-0.15, -0.1) is 0 Å². The molecule has 1 amide bonds. The van der Waals surface area contributed by atoms with E-state index >= 15 is 0 Å². The molecule has 3 aromatic rings. The van der Waals surface area contributed by atoms with Gasteiger partial charge in [0.15, 0.2) is 4.77 Å². The molecule has 0 saturated carbocycles. The molecule has 0 saturated heterocycles. The number of nitrogens with zero attached hydrogens (tertiary/aromatic N) is 1. The Bertz CT molecular complexity index is 979. The van der Waals surface area contributed by atoms with Gasteiger partial charge in [0.05, 0.1) is 11.3 Å². The number of amides is 1. The van der Waals surface area contributed by atoms with Gasteiger partial charge in [0, 0.05) is 11.9 Å². The molecule has 0 atom stereocenters. The van der Waals surface area contributed by atoms with Gasteiger partial charge in [-0.1, -0.05) is 30.3 Å². The maximum Gasteiger partial charge on any atom is 0.418 e. The number of nitrogens with one attached hydrogen (secondary N) is 3. The Labute approximate surface area is 151 Å². The van der Waals surface area contributed by atoms with Crippen molar-refractivity contribution in [3.05, 3.63) is 76.8 Å². The molecule has 3 N–H and O–H groups in total. The van der Waals surface area contributed by atoms with Gasteiger partial charge in [0.25, 0.3) is 5.91 Å². The lowest BCUT2D eigenvalue weighted by Crippen LogP contribution is -2.32. The van der Waals surface area contributed by atoms with Crippen LogP contribution in [0, 0.1) is 4.77 Å². The van der Waals surface area contributed by atoms with Crippen molar-refractivity contribution in [3.8, 4) is 5.69 Å². The Kier molecular flexibility index (Phi) is 4.81. The van der Waals surface area contributed by atoms with Gasteiger partial charge in [-0.05, 0) is 36.5 Å². The van der Waals surface area contributed by atoms with Crippen LogP contribution in [0.2, 0.25) is 0 Å². The molecule has 1 aromatic heterocycles. The SMILES string of the molecule is O=C(NNc1ccccc1C(F)(F)F)c1c[nH]c(=S)n1-c1ccccc1. The summed E-state index contributed by atoms with van der Waals surface area (Å²) in [7, 11) is 0. The minimum Gasteiger partial charge on any atom is -0.336 e. The zero-order valence-corrected chi connectivity index (χ0v) is 14.0. The summed E-state index contributed by atoms with van der Waals surface area (Å²) in [6, 6.07) is 13.8. The third-order valence-corrected chi connectivity index (χ3v) is 3.87. The second kappa shape index (κ2) is 7.04. The molecule has 26 heavy (non-hydrogen) atoms. The van der Waals surface area contributed by atoms with E-state index in [1.54, 1.807) is 24.3 Å². The average molecular weight is 378 g/mol. The van der Waals surface area contributed by atoms with Crippen LogP contribution >= 0.6 is 12.2 Å². The number of para-hydroxylation sites is 2. The van der Waals surface area contributed by atoms with Crippen LogP contribution in [0.3, 0.4) is 0 Å². The van der Waals surface area contributed by atoms with Gasteiger partial charge in [-0.2, -0.15) is 13.2 Å². The number of hydrogen-bond acceptors (Lipinski definition) is 3. The largest absolute Gasteiger partial charge is 0.418 e. The summed E-state index contributed by atoms with van der Waals surface area (Å²) in [5.74, 6) is -0.641. The Morgan fingerprint density at radius 2 is 1.69 bits per heavy atom. The number of benzene rings is 2. The molecule has 1 heterocycles. The number of H-pyrrole nitrogens is 1. The summed E-state index contributed by atoms with van der Waals surface area (Å²) in [4.78, 5) is 15.2. The number of carbonyl (C=O) groups excluding carboxylic acids is 1. The maximum atomic E-state index is 13.0. The summed E-state index contributed by atoms with van der Waals surface area (Å²) in [6.45, 7) is 0. The third kappa shape index (κ3) is 3.62. The summed E-state index contributed by atoms with van der Waals surface area (Å²) in [5, 5.41) is 0. The van der Waals surface area contributed by atoms with Gasteiger partial charge in [-0.25, -0.2) is 0 Å². The molecule has 9 heteroatoms. The summed E-state index contributed by atoms with van der Waals surface area (Å²) in [5.41, 5.74) is 4.27. The van der Waals surface area contributed by atoms with Crippen LogP contribution in [0.25, 0.3) is 5.69 Å². The number of aromatic amines is 1. The van der Waals surface area contributed by atoms with Gasteiger partial charge in [-0.3, -0.25) is 20.2 Å². The molecule has 0 aliphatic heterocycles. The minimum absolute atomic E-state index is 0.151. The molecule has 3 rings (SSSR count). The molecule has 2 aromatic carbocycles. The van der Waals surface area contributed by atoms with Gasteiger partial charge < -0.3 is 4.98 Å². The smallest absolute Gasteiger partial charge is 0.336 e. The lowest BCUT2D eigenvalue weighted by atomic mass is 10.2. The predicted molar refractivity (Wildman–Crippen MR) is 93.5 cm³/mol. The molecule has 0 aliphatic carbocycles. The van der Waals surface area contributed by atoms with Crippen molar-refractivity contribution < 1.29 is 18.0 Å². The second-order valence-electron chi connectivity index (χ2n) is 5.27. The Balaban J connectivity index is 1.85. The van der Waals surface area contributed by atoms with Crippen LogP contribution in [0.5, 0.6) is 0 Å². The maximum absolute atomic E-state index is 13.0. The highest BCUT2D eigenvalue weighted by molar-refractivity contribution is 7.71. The standard InChI is InChI=1S/C17H13F3N4OS/c18-17(19,20)12-8-4-5-9-13(12)22-23-15(25)14-10-21-16(26)24(14)11-6-2-1-3-7-11/h1-10,22H,(H,21,26)(H,23,25). The lowest BCUT2D eigenvalue weighted by Gasteiger charge is -2.15. The second-order valence-corrected chi connectivity index (χ2v) is 5.66. The summed E-state index contributed by atoms with van der Waals surface area (Å²) < 4.78 is 40.8. The molecule has 0 bridgehead atoms. The number of anilines is 1. The van der Waals surface area contributed by atoms with Crippen LogP contribution in [0.4, 0.5) is 18.9 Å². The van der Waals surface area contributed by atoms with Gasteiger partial charge in [0.1, 0.15) is 5.69 Å². The Morgan fingerprint density at radius 1 is 1.04 bits per heavy atom. The lowest BCUT2D eigenvalue weighted by molar-refractivity contribution is -0.137. The number of carbonyl (C=O) groups is 1. The zero-order valence-electron chi connectivity index (χ0n) is 13.2. The topological polar surface area (TPSA) is 61.9 Å². The van der Waals surface area contributed by atoms with Crippen molar-refractivity contribution in [3.63, 3.8) is 0 Å². The first-order chi connectivity index (χ1) is 12.4. The number of alkyl halides is 3. The highest BCUT2D eigenvalue weighted by atomic mass is 32.1. The fourth-order valence-electron chi connectivity index (χ4n) is 2.40. The zero-order chi connectivity index (χ0) is 18.7. The average Bonchev–Trinajstić information content (AvgIpc) is 3.01. The first-order valence-electron chi connectivity index (χ1n) is 7.46. The molecule has 0 fully saturated rings. The molecule has 0 aliphatic rings. The van der Waals surface area contributed by atoms with E-state index in [0.29, 0.717) is 5.69 Å². The van der Waals surface area contributed by atoms with Crippen molar-refractivity contribution >= 4 is 23.8 Å². The van der Waals surface area contributed by atoms with Crippen LogP contribution in [0.1, 0.15) is 16.1 Å².